The molecule has 2 rings (SSSR count). The van der Waals surface area contributed by atoms with Gasteiger partial charge in [-0.1, -0.05) is 12.1 Å². The molecule has 0 saturated carbocycles. The van der Waals surface area contributed by atoms with E-state index in [-0.39, 0.29) is 12.5 Å². The van der Waals surface area contributed by atoms with Gasteiger partial charge >= 0.3 is 0 Å². The molecule has 1 aromatic carbocycles. The molecule has 1 atom stereocenters. The molecule has 1 aromatic rings. The molecule has 1 N–H and O–H groups in total. The van der Waals surface area contributed by atoms with Crippen LogP contribution in [0.4, 0.5) is 0 Å². The number of unbranched alkanes of at least 4 members (excludes halogenated alkanes) is 2. The summed E-state index contributed by atoms with van der Waals surface area (Å²) < 4.78 is 11.1. The fraction of sp³-hybridized carbons (Fsp3) is 0.400. The summed E-state index contributed by atoms with van der Waals surface area (Å²) in [6.45, 7) is 0.856. The highest BCUT2D eigenvalue weighted by Gasteiger charge is 2.26. The lowest BCUT2D eigenvalue weighted by Gasteiger charge is -2.25. The molecule has 4 nitrogen and oxygen atoms in total. The zero-order valence-corrected chi connectivity index (χ0v) is 10.7. The second-order valence-corrected chi connectivity index (χ2v) is 4.32. The standard InChI is InChI=1S/C15H17NO3/c1-2-3-4-7-10-16-15(17)14-11-18-12-8-5-6-9-13(12)19-14/h1,5-6,8-9,14H,3-4,7,10-11H2,(H,16,17). The van der Waals surface area contributed by atoms with Crippen molar-refractivity contribution >= 4 is 5.91 Å². The third kappa shape index (κ3) is 3.65. The Hall–Kier alpha value is -2.15. The highest BCUT2D eigenvalue weighted by Crippen LogP contribution is 2.30. The molecule has 1 aliphatic rings. The third-order valence-corrected chi connectivity index (χ3v) is 2.85. The molecule has 0 aromatic heterocycles. The fourth-order valence-corrected chi connectivity index (χ4v) is 1.83. The molecule has 100 valence electrons. The van der Waals surface area contributed by atoms with E-state index in [1.807, 2.05) is 18.2 Å². The number of terminal acetylenes is 1. The van der Waals surface area contributed by atoms with Gasteiger partial charge in [0, 0.05) is 13.0 Å². The smallest absolute Gasteiger partial charge is 0.264 e. The third-order valence-electron chi connectivity index (χ3n) is 2.85. The van der Waals surface area contributed by atoms with E-state index in [2.05, 4.69) is 11.2 Å². The lowest BCUT2D eigenvalue weighted by Crippen LogP contribution is -2.44. The number of rotatable bonds is 5. The average molecular weight is 259 g/mol. The van der Waals surface area contributed by atoms with Gasteiger partial charge in [-0.2, -0.15) is 0 Å². The van der Waals surface area contributed by atoms with Gasteiger partial charge in [0.05, 0.1) is 0 Å². The monoisotopic (exact) mass is 259 g/mol. The molecule has 4 heteroatoms. The van der Waals surface area contributed by atoms with E-state index in [4.69, 9.17) is 15.9 Å². The van der Waals surface area contributed by atoms with Gasteiger partial charge in [0.25, 0.3) is 5.91 Å². The van der Waals surface area contributed by atoms with Crippen LogP contribution in [0.3, 0.4) is 0 Å². The SMILES string of the molecule is C#CCCCCNC(=O)C1COc2ccccc2O1. The first-order valence-corrected chi connectivity index (χ1v) is 6.41. The molecule has 19 heavy (non-hydrogen) atoms. The maximum absolute atomic E-state index is 11.9. The summed E-state index contributed by atoms with van der Waals surface area (Å²) in [6, 6.07) is 7.33. The summed E-state index contributed by atoms with van der Waals surface area (Å²) in [7, 11) is 0. The lowest BCUT2D eigenvalue weighted by atomic mass is 10.2. The van der Waals surface area contributed by atoms with Crippen molar-refractivity contribution in [1.82, 2.24) is 5.32 Å². The predicted octanol–water partition coefficient (Wildman–Crippen LogP) is 1.75. The predicted molar refractivity (Wildman–Crippen MR) is 72.0 cm³/mol. The Bertz CT molecular complexity index is 479. The number of hydrogen-bond donors (Lipinski definition) is 1. The maximum Gasteiger partial charge on any atom is 0.264 e. The van der Waals surface area contributed by atoms with E-state index in [0.717, 1.165) is 19.3 Å². The molecule has 1 unspecified atom stereocenters. The molecule has 0 radical (unpaired) electrons. The second kappa shape index (κ2) is 6.69. The summed E-state index contributed by atoms with van der Waals surface area (Å²) in [5.74, 6) is 3.72. The number of amides is 1. The van der Waals surface area contributed by atoms with Crippen molar-refractivity contribution < 1.29 is 14.3 Å². The Morgan fingerprint density at radius 1 is 1.37 bits per heavy atom. The van der Waals surface area contributed by atoms with Crippen LogP contribution in [0.2, 0.25) is 0 Å². The van der Waals surface area contributed by atoms with E-state index in [1.54, 1.807) is 6.07 Å². The van der Waals surface area contributed by atoms with Crippen LogP contribution in [-0.4, -0.2) is 25.2 Å². The lowest BCUT2D eigenvalue weighted by molar-refractivity contribution is -0.130. The molecule has 0 saturated heterocycles. The summed E-state index contributed by atoms with van der Waals surface area (Å²) in [5, 5.41) is 2.83. The zero-order chi connectivity index (χ0) is 13.5. The van der Waals surface area contributed by atoms with Gasteiger partial charge in [0.2, 0.25) is 6.10 Å². The Balaban J connectivity index is 1.78. The minimum absolute atomic E-state index is 0.143. The van der Waals surface area contributed by atoms with Gasteiger partial charge in [-0.05, 0) is 25.0 Å². The molecule has 0 aliphatic carbocycles. The molecular formula is C15H17NO3. The summed E-state index contributed by atoms with van der Waals surface area (Å²) in [4.78, 5) is 11.9. The summed E-state index contributed by atoms with van der Waals surface area (Å²) >= 11 is 0. The van der Waals surface area contributed by atoms with Gasteiger partial charge in [0.15, 0.2) is 11.5 Å². The zero-order valence-electron chi connectivity index (χ0n) is 10.7. The van der Waals surface area contributed by atoms with Gasteiger partial charge < -0.3 is 14.8 Å². The number of carbonyl (C=O) groups excluding carboxylic acids is 1. The topological polar surface area (TPSA) is 47.6 Å². The maximum atomic E-state index is 11.9. The van der Waals surface area contributed by atoms with Crippen LogP contribution in [0.5, 0.6) is 11.5 Å². The molecule has 0 bridgehead atoms. The number of fused-ring (bicyclic) bond motifs is 1. The van der Waals surface area contributed by atoms with Crippen LogP contribution >= 0.6 is 0 Å². The van der Waals surface area contributed by atoms with Crippen LogP contribution in [0, 0.1) is 12.3 Å². The summed E-state index contributed by atoms with van der Waals surface area (Å²) in [5.41, 5.74) is 0. The highest BCUT2D eigenvalue weighted by atomic mass is 16.6. The van der Waals surface area contributed by atoms with E-state index < -0.39 is 6.10 Å². The normalized spacial score (nSPS) is 16.5. The molecule has 1 aliphatic heterocycles. The molecule has 0 spiro atoms. The molecular weight excluding hydrogens is 242 g/mol. The largest absolute Gasteiger partial charge is 0.485 e. The fourth-order valence-electron chi connectivity index (χ4n) is 1.83. The summed E-state index contributed by atoms with van der Waals surface area (Å²) in [6.07, 6.45) is 7.11. The van der Waals surface area contributed by atoms with Crippen molar-refractivity contribution in [3.8, 4) is 23.8 Å². The minimum Gasteiger partial charge on any atom is -0.485 e. The first-order chi connectivity index (χ1) is 9.31. The van der Waals surface area contributed by atoms with Crippen molar-refractivity contribution in [3.63, 3.8) is 0 Å². The number of ether oxygens (including phenoxy) is 2. The first kappa shape index (κ1) is 13.3. The van der Waals surface area contributed by atoms with Crippen molar-refractivity contribution in [2.45, 2.75) is 25.4 Å². The van der Waals surface area contributed by atoms with Crippen molar-refractivity contribution in [1.29, 1.82) is 0 Å². The van der Waals surface area contributed by atoms with Crippen molar-refractivity contribution in [3.05, 3.63) is 24.3 Å². The van der Waals surface area contributed by atoms with Crippen molar-refractivity contribution in [2.75, 3.05) is 13.2 Å². The Morgan fingerprint density at radius 3 is 2.95 bits per heavy atom. The number of nitrogens with one attached hydrogen (secondary N) is 1. The van der Waals surface area contributed by atoms with Gasteiger partial charge in [-0.25, -0.2) is 0 Å². The number of carbonyl (C=O) groups is 1. The van der Waals surface area contributed by atoms with Gasteiger partial charge in [0.1, 0.15) is 6.61 Å². The average Bonchev–Trinajstić information content (AvgIpc) is 2.46. The van der Waals surface area contributed by atoms with Crippen molar-refractivity contribution in [2.24, 2.45) is 0 Å². The molecule has 1 amide bonds. The second-order valence-electron chi connectivity index (χ2n) is 4.32. The van der Waals surface area contributed by atoms with Gasteiger partial charge in [-0.3, -0.25) is 4.79 Å². The molecule has 0 fully saturated rings. The first-order valence-electron chi connectivity index (χ1n) is 6.41. The van der Waals surface area contributed by atoms with Crippen LogP contribution in [0.25, 0.3) is 0 Å². The van der Waals surface area contributed by atoms with E-state index in [1.165, 1.54) is 0 Å². The van der Waals surface area contributed by atoms with E-state index >= 15 is 0 Å². The number of para-hydroxylation sites is 2. The Morgan fingerprint density at radius 2 is 2.16 bits per heavy atom. The highest BCUT2D eigenvalue weighted by molar-refractivity contribution is 5.81. The van der Waals surface area contributed by atoms with Crippen LogP contribution < -0.4 is 14.8 Å². The molecule has 1 heterocycles. The van der Waals surface area contributed by atoms with Crippen LogP contribution in [-0.2, 0) is 4.79 Å². The minimum atomic E-state index is -0.581. The Kier molecular flexibility index (Phi) is 4.68. The van der Waals surface area contributed by atoms with E-state index in [0.29, 0.717) is 18.0 Å². The Labute approximate surface area is 113 Å². The van der Waals surface area contributed by atoms with E-state index in [9.17, 15) is 4.79 Å². The number of benzene rings is 1. The van der Waals surface area contributed by atoms with Crippen LogP contribution in [0.15, 0.2) is 24.3 Å². The quantitative estimate of drug-likeness (QED) is 0.647. The van der Waals surface area contributed by atoms with Crippen LogP contribution in [0.1, 0.15) is 19.3 Å². The van der Waals surface area contributed by atoms with Gasteiger partial charge in [-0.15, -0.1) is 12.3 Å². The number of hydrogen-bond acceptors (Lipinski definition) is 3.